The number of benzene rings is 3. The van der Waals surface area contributed by atoms with E-state index in [0.29, 0.717) is 0 Å². The summed E-state index contributed by atoms with van der Waals surface area (Å²) in [5, 5.41) is 3.63. The fraction of sp³-hybridized carbons (Fsp3) is 0.152. The van der Waals surface area contributed by atoms with Crippen molar-refractivity contribution < 1.29 is 24.5 Å². The minimum absolute atomic E-state index is 0. The van der Waals surface area contributed by atoms with Crippen LogP contribution in [0.25, 0.3) is 44.5 Å². The molecule has 3 aromatic heterocycles. The molecule has 6 rings (SSSR count). The van der Waals surface area contributed by atoms with Crippen LogP contribution in [0.4, 0.5) is 0 Å². The van der Waals surface area contributed by atoms with Gasteiger partial charge in [-0.3, -0.25) is 0 Å². The standard InChI is InChI=1S/C21H20NOSi.C12H10N.Ir/c1-14-9-10-19(22-13-14)18-12-15(24(2,3)4)11-17-16-7-5-6-8-20(16)23-21(17)18;1-10-7-8-12(13-9-10)11-5-3-2-4-6-11;/h5-11,13H,1-4H3;2-5,7-9H,1H3;/q2*-1;. The molecule has 3 heterocycles. The largest absolute Gasteiger partial charge is 0.501 e. The molecule has 6 aromatic rings. The van der Waals surface area contributed by atoms with E-state index in [-0.39, 0.29) is 20.1 Å². The Bertz CT molecular complexity index is 1650. The van der Waals surface area contributed by atoms with E-state index in [4.69, 9.17) is 4.42 Å². The number of furan rings is 1. The number of hydrogen-bond acceptors (Lipinski definition) is 3. The van der Waals surface area contributed by atoms with Crippen LogP contribution in [-0.4, -0.2) is 18.0 Å². The first-order valence-corrected chi connectivity index (χ1v) is 16.0. The van der Waals surface area contributed by atoms with Crippen molar-refractivity contribution in [2.45, 2.75) is 33.5 Å². The van der Waals surface area contributed by atoms with E-state index >= 15 is 0 Å². The van der Waals surface area contributed by atoms with E-state index in [9.17, 15) is 0 Å². The van der Waals surface area contributed by atoms with E-state index in [1.165, 1.54) is 16.1 Å². The van der Waals surface area contributed by atoms with Crippen molar-refractivity contribution in [1.82, 2.24) is 9.97 Å². The number of para-hydroxylation sites is 1. The zero-order valence-corrected chi connectivity index (χ0v) is 25.7. The fourth-order valence-electron chi connectivity index (χ4n) is 4.15. The van der Waals surface area contributed by atoms with Gasteiger partial charge in [-0.05, 0) is 42.4 Å². The van der Waals surface area contributed by atoms with Gasteiger partial charge in [0.05, 0.1) is 13.7 Å². The van der Waals surface area contributed by atoms with Gasteiger partial charge < -0.3 is 14.4 Å². The molecule has 0 bridgehead atoms. The molecular weight excluding hydrogens is 661 g/mol. The molecule has 0 aliphatic rings. The Labute approximate surface area is 239 Å². The fourth-order valence-corrected chi connectivity index (χ4v) is 5.22. The summed E-state index contributed by atoms with van der Waals surface area (Å²) >= 11 is 0. The van der Waals surface area contributed by atoms with Gasteiger partial charge in [0.15, 0.2) is 0 Å². The van der Waals surface area contributed by atoms with Crippen molar-refractivity contribution in [3.63, 3.8) is 0 Å². The maximum Gasteiger partial charge on any atom is 0.120 e. The number of fused-ring (bicyclic) bond motifs is 3. The summed E-state index contributed by atoms with van der Waals surface area (Å²) in [4.78, 5) is 8.93. The molecular formula is C33H30IrN2OSi-2. The second-order valence-electron chi connectivity index (χ2n) is 10.4. The molecule has 3 nitrogen and oxygen atoms in total. The van der Waals surface area contributed by atoms with Crippen LogP contribution in [-0.2, 0) is 20.1 Å². The Balaban J connectivity index is 0.000000204. The number of aromatic nitrogens is 2. The molecule has 0 fully saturated rings. The molecule has 1 radical (unpaired) electrons. The maximum atomic E-state index is 6.18. The van der Waals surface area contributed by atoms with Gasteiger partial charge >= 0.3 is 0 Å². The molecule has 0 spiro atoms. The van der Waals surface area contributed by atoms with Gasteiger partial charge in [-0.2, -0.15) is 0 Å². The summed E-state index contributed by atoms with van der Waals surface area (Å²) in [5.74, 6) is 0. The molecule has 38 heavy (non-hydrogen) atoms. The first kappa shape index (κ1) is 27.7. The van der Waals surface area contributed by atoms with E-state index in [1.807, 2.05) is 61.8 Å². The normalized spacial score (nSPS) is 11.1. The average Bonchev–Trinajstić information content (AvgIpc) is 3.28. The molecule has 0 saturated carbocycles. The second-order valence-corrected chi connectivity index (χ2v) is 15.4. The Kier molecular flexibility index (Phi) is 8.42. The van der Waals surface area contributed by atoms with Crippen LogP contribution in [0.2, 0.25) is 19.6 Å². The predicted molar refractivity (Wildman–Crippen MR) is 157 cm³/mol. The van der Waals surface area contributed by atoms with E-state index in [0.717, 1.165) is 44.6 Å². The van der Waals surface area contributed by atoms with Gasteiger partial charge in [0, 0.05) is 37.9 Å². The van der Waals surface area contributed by atoms with Crippen LogP contribution in [0.3, 0.4) is 0 Å². The number of nitrogens with zero attached hydrogens (tertiary/aromatic N) is 2. The molecule has 0 aliphatic carbocycles. The van der Waals surface area contributed by atoms with Gasteiger partial charge in [-0.15, -0.1) is 53.2 Å². The van der Waals surface area contributed by atoms with Crippen LogP contribution in [0, 0.1) is 26.0 Å². The number of rotatable bonds is 3. The molecule has 0 amide bonds. The second kappa shape index (κ2) is 11.6. The monoisotopic (exact) mass is 691 g/mol. The van der Waals surface area contributed by atoms with Crippen LogP contribution in [0.15, 0.2) is 95.7 Å². The van der Waals surface area contributed by atoms with E-state index in [1.54, 1.807) is 0 Å². The van der Waals surface area contributed by atoms with Crippen molar-refractivity contribution in [2.24, 2.45) is 0 Å². The first-order valence-electron chi connectivity index (χ1n) is 12.5. The third-order valence-electron chi connectivity index (χ3n) is 6.28. The Hall–Kier alpha value is -3.37. The third kappa shape index (κ3) is 6.02. The van der Waals surface area contributed by atoms with Crippen molar-refractivity contribution in [2.75, 3.05) is 0 Å². The Morgan fingerprint density at radius 1 is 0.737 bits per heavy atom. The third-order valence-corrected chi connectivity index (χ3v) is 8.17. The summed E-state index contributed by atoms with van der Waals surface area (Å²) in [6, 6.07) is 33.3. The topological polar surface area (TPSA) is 38.9 Å². The average molecular weight is 691 g/mol. The zero-order valence-electron chi connectivity index (χ0n) is 22.3. The summed E-state index contributed by atoms with van der Waals surface area (Å²) in [6.45, 7) is 11.1. The molecule has 0 aliphatic heterocycles. The molecule has 0 unspecified atom stereocenters. The van der Waals surface area contributed by atoms with E-state index < -0.39 is 8.07 Å². The number of aryl methyl sites for hydroxylation is 2. The predicted octanol–water partition coefficient (Wildman–Crippen LogP) is 8.16. The minimum Gasteiger partial charge on any atom is -0.501 e. The molecule has 193 valence electrons. The molecule has 0 N–H and O–H groups in total. The van der Waals surface area contributed by atoms with Crippen molar-refractivity contribution in [1.29, 1.82) is 0 Å². The maximum absolute atomic E-state index is 6.18. The van der Waals surface area contributed by atoms with Gasteiger partial charge in [-0.1, -0.05) is 73.1 Å². The molecule has 0 saturated heterocycles. The van der Waals surface area contributed by atoms with Crippen molar-refractivity contribution in [3.05, 3.63) is 115 Å². The summed E-state index contributed by atoms with van der Waals surface area (Å²) in [6.07, 6.45) is 3.77. The van der Waals surface area contributed by atoms with Gasteiger partial charge in [0.25, 0.3) is 0 Å². The Morgan fingerprint density at radius 2 is 1.39 bits per heavy atom. The number of hydrogen-bond donors (Lipinski definition) is 0. The van der Waals surface area contributed by atoms with Gasteiger partial charge in [0.1, 0.15) is 5.58 Å². The quantitative estimate of drug-likeness (QED) is 0.139. The van der Waals surface area contributed by atoms with Crippen LogP contribution in [0.1, 0.15) is 11.1 Å². The Morgan fingerprint density at radius 3 is 2.00 bits per heavy atom. The van der Waals surface area contributed by atoms with Crippen molar-refractivity contribution in [3.8, 4) is 22.5 Å². The minimum atomic E-state index is -1.51. The van der Waals surface area contributed by atoms with Crippen LogP contribution >= 0.6 is 0 Å². The summed E-state index contributed by atoms with van der Waals surface area (Å²) in [5.41, 5.74) is 8.05. The van der Waals surface area contributed by atoms with Crippen molar-refractivity contribution >= 4 is 35.2 Å². The molecule has 0 atom stereocenters. The first-order chi connectivity index (χ1) is 17.8. The SMILES string of the molecule is Cc1ccc(-c2[c-]c([Si](C)(C)C)cc3c2oc2ccccc23)nc1.Cc1ccc(-c2[c-]cccc2)nc1.[Ir]. The van der Waals surface area contributed by atoms with Gasteiger partial charge in [0.2, 0.25) is 0 Å². The zero-order chi connectivity index (χ0) is 26.0. The molecule has 3 aromatic carbocycles. The summed E-state index contributed by atoms with van der Waals surface area (Å²) in [7, 11) is -1.51. The van der Waals surface area contributed by atoms with Crippen LogP contribution in [0.5, 0.6) is 0 Å². The smallest absolute Gasteiger partial charge is 0.120 e. The summed E-state index contributed by atoms with van der Waals surface area (Å²) < 4.78 is 6.18. The van der Waals surface area contributed by atoms with Crippen LogP contribution < -0.4 is 5.19 Å². The van der Waals surface area contributed by atoms with Gasteiger partial charge in [-0.25, -0.2) is 0 Å². The molecule has 5 heteroatoms. The van der Waals surface area contributed by atoms with E-state index in [2.05, 4.69) is 85.1 Å². The number of pyridine rings is 2.